The molecule has 4 aliphatic rings. The fourth-order valence-corrected chi connectivity index (χ4v) is 10.1. The number of benzene rings is 2. The summed E-state index contributed by atoms with van der Waals surface area (Å²) in [4.78, 5) is 57.9. The van der Waals surface area contributed by atoms with Gasteiger partial charge in [0, 0.05) is 61.0 Å². The summed E-state index contributed by atoms with van der Waals surface area (Å²) in [6.07, 6.45) is 12.5. The Morgan fingerprint density at radius 3 is 1.77 bits per heavy atom. The number of pyridine rings is 1. The van der Waals surface area contributed by atoms with E-state index >= 15 is 0 Å². The van der Waals surface area contributed by atoms with Crippen LogP contribution in [0.1, 0.15) is 85.5 Å². The zero-order valence-corrected chi connectivity index (χ0v) is 38.0. The van der Waals surface area contributed by atoms with E-state index in [2.05, 4.69) is 31.3 Å². The molecule has 2 fully saturated rings. The van der Waals surface area contributed by atoms with E-state index in [1.807, 2.05) is 42.3 Å². The standard InChI is InChI=1S/C46H54N6O8S2/c1-8-28-14-32-22-48-37-20-41(39(56-5)18-35(37)44(54)51(32)24-28)59-26-30-16-34(58-13-12-47-43(53)10-11-46(3,4)62-61-7)17-31(50-30)27-60-42-21-38-36(19-40(42)57-6)45(55)52-25-29(9-2)15-33(52)23-49-38/h8-9,16-23,32-33H,10-15,24-27H2,1-7H3,(H,47,53)/t32-,33-/m0/s1. The highest BCUT2D eigenvalue weighted by molar-refractivity contribution is 8.76. The Bertz CT molecular complexity index is 2190. The summed E-state index contributed by atoms with van der Waals surface area (Å²) in [6.45, 7) is 9.94. The SMILES string of the molecule is CC=C1C[C@H]2C=Nc3cc(OCc4cc(OCCNC(=O)CCC(C)(C)SSC)cc(COc5cc6c(cc5OC)C(=O)N5CC(=CC)C[C@H]5C=N6)n4)c(OC)cc3C(=O)N2C1. The third-order valence-corrected chi connectivity index (χ3v) is 13.9. The van der Waals surface area contributed by atoms with Gasteiger partial charge in [0.1, 0.15) is 25.6 Å². The van der Waals surface area contributed by atoms with Crippen LogP contribution in [-0.2, 0) is 18.0 Å². The first kappa shape index (κ1) is 44.6. The average molecular weight is 883 g/mol. The molecule has 328 valence electrons. The second-order valence-electron chi connectivity index (χ2n) is 16.0. The molecule has 0 radical (unpaired) electrons. The van der Waals surface area contributed by atoms with Crippen LogP contribution in [0.2, 0.25) is 0 Å². The lowest BCUT2D eigenvalue weighted by Crippen LogP contribution is -2.35. The molecule has 62 heavy (non-hydrogen) atoms. The van der Waals surface area contributed by atoms with Crippen molar-refractivity contribution in [1.29, 1.82) is 0 Å². The first-order valence-electron chi connectivity index (χ1n) is 20.7. The summed E-state index contributed by atoms with van der Waals surface area (Å²) in [7, 11) is 6.52. The number of carbonyl (C=O) groups excluding carboxylic acids is 3. The van der Waals surface area contributed by atoms with E-state index in [4.69, 9.17) is 38.7 Å². The topological polar surface area (TPSA) is 153 Å². The van der Waals surface area contributed by atoms with Gasteiger partial charge in [0.05, 0.1) is 66.7 Å². The van der Waals surface area contributed by atoms with Crippen LogP contribution in [-0.4, -0.2) is 108 Å². The van der Waals surface area contributed by atoms with E-state index in [0.29, 0.717) is 88.7 Å². The molecular formula is C46H54N6O8S2. The van der Waals surface area contributed by atoms with Crippen LogP contribution in [0.15, 0.2) is 69.7 Å². The number of rotatable bonds is 17. The largest absolute Gasteiger partial charge is 0.493 e. The molecule has 14 nitrogen and oxygen atoms in total. The maximum atomic E-state index is 13.7. The number of methoxy groups -OCH3 is 2. The number of ether oxygens (including phenoxy) is 5. The van der Waals surface area contributed by atoms with E-state index in [0.717, 1.165) is 19.3 Å². The predicted octanol–water partition coefficient (Wildman–Crippen LogP) is 8.08. The van der Waals surface area contributed by atoms with Crippen molar-refractivity contribution in [3.63, 3.8) is 0 Å². The summed E-state index contributed by atoms with van der Waals surface area (Å²) in [5.74, 6) is 1.81. The molecule has 0 bridgehead atoms. The van der Waals surface area contributed by atoms with E-state index in [1.165, 1.54) is 25.4 Å². The Balaban J connectivity index is 1.09. The molecule has 3 amide bonds. The minimum Gasteiger partial charge on any atom is -0.493 e. The summed E-state index contributed by atoms with van der Waals surface area (Å²) in [6, 6.07) is 10.1. The second kappa shape index (κ2) is 19.7. The summed E-state index contributed by atoms with van der Waals surface area (Å²) < 4.78 is 30.2. The highest BCUT2D eigenvalue weighted by Crippen LogP contribution is 2.41. The fraction of sp³-hybridized carbons (Fsp3) is 0.435. The van der Waals surface area contributed by atoms with Crippen LogP contribution in [0.3, 0.4) is 0 Å². The number of aromatic nitrogens is 1. The average Bonchev–Trinajstić information content (AvgIpc) is 3.84. The van der Waals surface area contributed by atoms with Gasteiger partial charge >= 0.3 is 0 Å². The first-order valence-corrected chi connectivity index (χ1v) is 23.3. The van der Waals surface area contributed by atoms with Gasteiger partial charge in [0.15, 0.2) is 23.0 Å². The van der Waals surface area contributed by atoms with Crippen molar-refractivity contribution in [1.82, 2.24) is 20.1 Å². The zero-order chi connectivity index (χ0) is 44.0. The van der Waals surface area contributed by atoms with Gasteiger partial charge in [0.2, 0.25) is 5.91 Å². The molecule has 0 aliphatic carbocycles. The highest BCUT2D eigenvalue weighted by Gasteiger charge is 2.36. The quantitative estimate of drug-likeness (QED) is 0.0796. The van der Waals surface area contributed by atoms with Gasteiger partial charge in [-0.2, -0.15) is 0 Å². The van der Waals surface area contributed by atoms with E-state index in [1.54, 1.807) is 58.0 Å². The molecule has 5 heterocycles. The van der Waals surface area contributed by atoms with Crippen LogP contribution in [0.4, 0.5) is 11.4 Å². The van der Waals surface area contributed by atoms with Crippen molar-refractivity contribution in [2.45, 2.75) is 83.4 Å². The van der Waals surface area contributed by atoms with E-state index < -0.39 is 0 Å². The van der Waals surface area contributed by atoms with Gasteiger partial charge in [-0.15, -0.1) is 0 Å². The van der Waals surface area contributed by atoms with Gasteiger partial charge in [-0.05, 0) is 65.3 Å². The fourth-order valence-electron chi connectivity index (χ4n) is 7.81. The summed E-state index contributed by atoms with van der Waals surface area (Å²) in [5, 5.41) is 2.96. The Labute approximate surface area is 371 Å². The Morgan fingerprint density at radius 1 is 0.790 bits per heavy atom. The molecule has 16 heteroatoms. The van der Waals surface area contributed by atoms with Gasteiger partial charge < -0.3 is 38.8 Å². The van der Waals surface area contributed by atoms with Crippen molar-refractivity contribution in [3.05, 3.63) is 82.2 Å². The predicted molar refractivity (Wildman–Crippen MR) is 245 cm³/mol. The number of amides is 3. The van der Waals surface area contributed by atoms with E-state index in [-0.39, 0.29) is 54.4 Å². The number of allylic oxidation sites excluding steroid dienone is 2. The Morgan fingerprint density at radius 2 is 1.31 bits per heavy atom. The number of nitrogens with zero attached hydrogens (tertiary/aromatic N) is 5. The zero-order valence-electron chi connectivity index (χ0n) is 36.3. The van der Waals surface area contributed by atoms with Gasteiger partial charge in [-0.1, -0.05) is 44.9 Å². The van der Waals surface area contributed by atoms with Crippen molar-refractivity contribution in [2.24, 2.45) is 9.98 Å². The number of hydrogen-bond donors (Lipinski definition) is 1. The van der Waals surface area contributed by atoms with Gasteiger partial charge in [-0.25, -0.2) is 0 Å². The van der Waals surface area contributed by atoms with E-state index in [9.17, 15) is 14.4 Å². The van der Waals surface area contributed by atoms with Crippen LogP contribution < -0.4 is 29.0 Å². The maximum absolute atomic E-state index is 13.7. The molecule has 2 atom stereocenters. The Hall–Kier alpha value is -5.48. The molecule has 1 aromatic heterocycles. The highest BCUT2D eigenvalue weighted by atomic mass is 33.1. The van der Waals surface area contributed by atoms with Crippen LogP contribution in [0.25, 0.3) is 0 Å². The molecule has 7 rings (SSSR count). The molecule has 2 saturated heterocycles. The second-order valence-corrected chi connectivity index (χ2v) is 19.1. The number of hydrogen-bond acceptors (Lipinski definition) is 13. The minimum atomic E-state index is -0.112. The minimum absolute atomic E-state index is 0.0108. The molecule has 0 saturated carbocycles. The Kier molecular flexibility index (Phi) is 14.2. The van der Waals surface area contributed by atoms with Crippen LogP contribution in [0.5, 0.6) is 28.7 Å². The number of carbonyl (C=O) groups is 3. The molecule has 0 unspecified atom stereocenters. The number of nitrogens with one attached hydrogen (secondary N) is 1. The lowest BCUT2D eigenvalue weighted by atomic mass is 10.1. The third kappa shape index (κ3) is 10.2. The molecule has 3 aromatic rings. The molecule has 1 N–H and O–H groups in total. The normalized spacial score (nSPS) is 19.1. The first-order chi connectivity index (χ1) is 29.9. The van der Waals surface area contributed by atoms with Gasteiger partial charge in [-0.3, -0.25) is 29.4 Å². The van der Waals surface area contributed by atoms with Gasteiger partial charge in [0.25, 0.3) is 11.8 Å². The monoisotopic (exact) mass is 882 g/mol. The number of aliphatic imine (C=N–C) groups is 2. The molecule has 0 spiro atoms. The van der Waals surface area contributed by atoms with Crippen molar-refractivity contribution in [2.75, 3.05) is 46.7 Å². The van der Waals surface area contributed by atoms with Crippen molar-refractivity contribution >= 4 is 63.1 Å². The lowest BCUT2D eigenvalue weighted by Gasteiger charge is -2.21. The smallest absolute Gasteiger partial charge is 0.257 e. The maximum Gasteiger partial charge on any atom is 0.257 e. The summed E-state index contributed by atoms with van der Waals surface area (Å²) in [5.41, 5.74) is 5.34. The molecule has 4 aliphatic heterocycles. The lowest BCUT2D eigenvalue weighted by molar-refractivity contribution is -0.121. The third-order valence-electron chi connectivity index (χ3n) is 11.2. The number of fused-ring (bicyclic) bond motifs is 4. The summed E-state index contributed by atoms with van der Waals surface area (Å²) >= 11 is 0. The molecular weight excluding hydrogens is 829 g/mol. The van der Waals surface area contributed by atoms with Crippen molar-refractivity contribution in [3.8, 4) is 28.7 Å². The van der Waals surface area contributed by atoms with Crippen molar-refractivity contribution < 1.29 is 38.1 Å². The van der Waals surface area contributed by atoms with Crippen LogP contribution in [0, 0.1) is 0 Å². The van der Waals surface area contributed by atoms with Crippen LogP contribution >= 0.6 is 21.6 Å². The molecule has 2 aromatic carbocycles.